The number of hydrogen-bond donors (Lipinski definition) is 2. The number of para-hydroxylation sites is 1. The summed E-state index contributed by atoms with van der Waals surface area (Å²) in [5.74, 6) is 0.398. The maximum absolute atomic E-state index is 14.6. The van der Waals surface area contributed by atoms with Gasteiger partial charge in [-0.05, 0) is 85.3 Å². The Morgan fingerprint density at radius 2 is 1.81 bits per heavy atom. The van der Waals surface area contributed by atoms with Crippen molar-refractivity contribution in [2.45, 2.75) is 45.4 Å². The third kappa shape index (κ3) is 5.29. The summed E-state index contributed by atoms with van der Waals surface area (Å²) in [6.45, 7) is 6.81. The van der Waals surface area contributed by atoms with Crippen LogP contribution in [0.2, 0.25) is 5.02 Å². The van der Waals surface area contributed by atoms with Gasteiger partial charge in [-0.15, -0.1) is 0 Å². The predicted molar refractivity (Wildman–Crippen MR) is 146 cm³/mol. The molecule has 1 fully saturated rings. The molecule has 188 valence electrons. The quantitative estimate of drug-likeness (QED) is 0.261. The maximum atomic E-state index is 14.6. The normalized spacial score (nSPS) is 16.1. The molecule has 5 rings (SSSR count). The number of rotatable bonds is 7. The van der Waals surface area contributed by atoms with Gasteiger partial charge in [-0.25, -0.2) is 4.39 Å². The van der Waals surface area contributed by atoms with E-state index in [4.69, 9.17) is 11.6 Å². The van der Waals surface area contributed by atoms with E-state index in [9.17, 15) is 9.50 Å². The number of aliphatic hydroxyl groups is 1. The summed E-state index contributed by atoms with van der Waals surface area (Å²) in [4.78, 5) is 2.48. The van der Waals surface area contributed by atoms with Crippen LogP contribution in [0.3, 0.4) is 0 Å². The molecule has 0 bridgehead atoms. The highest BCUT2D eigenvalue weighted by Gasteiger charge is 2.23. The van der Waals surface area contributed by atoms with Gasteiger partial charge in [0.1, 0.15) is 12.0 Å². The predicted octanol–water partition coefficient (Wildman–Crippen LogP) is 7.19. The molecule has 1 aromatic heterocycles. The highest BCUT2D eigenvalue weighted by atomic mass is 35.5. The smallest absolute Gasteiger partial charge is 0.147 e. The summed E-state index contributed by atoms with van der Waals surface area (Å²) < 4.78 is 16.6. The van der Waals surface area contributed by atoms with Crippen LogP contribution in [0.1, 0.15) is 43.7 Å². The minimum atomic E-state index is -0.552. The second kappa shape index (κ2) is 10.6. The van der Waals surface area contributed by atoms with E-state index >= 15 is 0 Å². The Labute approximate surface area is 217 Å². The first kappa shape index (κ1) is 24.8. The lowest BCUT2D eigenvalue weighted by Crippen LogP contribution is -2.32. The first-order valence-corrected chi connectivity index (χ1v) is 13.1. The lowest BCUT2D eigenvalue weighted by molar-refractivity contribution is 0.153. The molecule has 36 heavy (non-hydrogen) atoms. The molecule has 0 saturated carbocycles. The highest BCUT2D eigenvalue weighted by Crippen LogP contribution is 2.33. The maximum Gasteiger partial charge on any atom is 0.147 e. The minimum absolute atomic E-state index is 0.150. The molecule has 0 amide bonds. The SMILES string of the molecule is CC(C)C(O)Nc1cccc(C2CCN(Cc3cn(-c4ccccc4F)c4cc(Cl)ccc34)CC2)c1. The molecule has 2 N–H and O–H groups in total. The van der Waals surface area contributed by atoms with Crippen LogP contribution in [-0.2, 0) is 6.54 Å². The van der Waals surface area contributed by atoms with Gasteiger partial charge in [-0.2, -0.15) is 0 Å². The molecule has 0 aliphatic carbocycles. The molecule has 3 aromatic carbocycles. The number of aromatic nitrogens is 1. The van der Waals surface area contributed by atoms with Crippen molar-refractivity contribution in [3.63, 3.8) is 0 Å². The van der Waals surface area contributed by atoms with E-state index in [0.717, 1.165) is 49.1 Å². The van der Waals surface area contributed by atoms with Crippen molar-refractivity contribution in [2.75, 3.05) is 18.4 Å². The fraction of sp³-hybridized carbons (Fsp3) is 0.333. The second-order valence-electron chi connectivity index (χ2n) is 10.1. The number of halogens is 2. The van der Waals surface area contributed by atoms with Crippen molar-refractivity contribution in [2.24, 2.45) is 5.92 Å². The van der Waals surface area contributed by atoms with Crippen molar-refractivity contribution >= 4 is 28.2 Å². The van der Waals surface area contributed by atoms with Gasteiger partial charge in [-0.1, -0.05) is 55.8 Å². The Morgan fingerprint density at radius 3 is 2.56 bits per heavy atom. The number of hydrogen-bond acceptors (Lipinski definition) is 3. The van der Waals surface area contributed by atoms with Gasteiger partial charge in [0, 0.05) is 28.8 Å². The molecule has 4 aromatic rings. The van der Waals surface area contributed by atoms with E-state index < -0.39 is 6.23 Å². The molecule has 1 aliphatic heterocycles. The molecule has 0 radical (unpaired) electrons. The number of nitrogens with one attached hydrogen (secondary N) is 1. The van der Waals surface area contributed by atoms with Crippen LogP contribution < -0.4 is 5.32 Å². The number of nitrogens with zero attached hydrogens (tertiary/aromatic N) is 2. The monoisotopic (exact) mass is 505 g/mol. The Morgan fingerprint density at radius 1 is 1.03 bits per heavy atom. The van der Waals surface area contributed by atoms with Gasteiger partial charge >= 0.3 is 0 Å². The average molecular weight is 506 g/mol. The fourth-order valence-corrected chi connectivity index (χ4v) is 5.29. The first-order chi connectivity index (χ1) is 17.4. The Hall–Kier alpha value is -2.86. The largest absolute Gasteiger partial charge is 0.374 e. The standard InChI is InChI=1S/C30H33ClFN3O/c1-20(2)30(36)33-25-7-5-6-22(16-25)21-12-14-34(15-13-21)18-23-19-35(28-9-4-3-8-27(28)32)29-17-24(31)10-11-26(23)29/h3-11,16-17,19-21,30,33,36H,12-15,18H2,1-2H3. The molecule has 6 heteroatoms. The summed E-state index contributed by atoms with van der Waals surface area (Å²) in [5, 5.41) is 15.1. The zero-order valence-corrected chi connectivity index (χ0v) is 21.5. The molecular weight excluding hydrogens is 473 g/mol. The van der Waals surface area contributed by atoms with Crippen molar-refractivity contribution in [1.29, 1.82) is 0 Å². The fourth-order valence-electron chi connectivity index (χ4n) is 5.13. The van der Waals surface area contributed by atoms with Crippen LogP contribution in [-0.4, -0.2) is 33.9 Å². The summed E-state index contributed by atoms with van der Waals surface area (Å²) in [5.41, 5.74) is 4.92. The van der Waals surface area contributed by atoms with Crippen LogP contribution in [0, 0.1) is 11.7 Å². The summed E-state index contributed by atoms with van der Waals surface area (Å²) in [6.07, 6.45) is 3.66. The van der Waals surface area contributed by atoms with Crippen LogP contribution in [0.5, 0.6) is 0 Å². The Balaban J connectivity index is 1.31. The van der Waals surface area contributed by atoms with Gasteiger partial charge < -0.3 is 15.0 Å². The van der Waals surface area contributed by atoms with Gasteiger partial charge in [0.15, 0.2) is 0 Å². The average Bonchev–Trinajstić information content (AvgIpc) is 3.21. The van der Waals surface area contributed by atoms with Crippen molar-refractivity contribution in [1.82, 2.24) is 9.47 Å². The van der Waals surface area contributed by atoms with E-state index in [1.807, 2.05) is 48.7 Å². The van der Waals surface area contributed by atoms with Crippen molar-refractivity contribution in [3.8, 4) is 5.69 Å². The van der Waals surface area contributed by atoms with Crippen molar-refractivity contribution < 1.29 is 9.50 Å². The number of piperidine rings is 1. The molecule has 1 unspecified atom stereocenters. The molecule has 0 spiro atoms. The van der Waals surface area contributed by atoms with E-state index in [1.54, 1.807) is 12.1 Å². The van der Waals surface area contributed by atoms with Crippen molar-refractivity contribution in [3.05, 3.63) is 94.9 Å². The number of anilines is 1. The highest BCUT2D eigenvalue weighted by molar-refractivity contribution is 6.31. The number of benzene rings is 3. The number of fused-ring (bicyclic) bond motifs is 1. The first-order valence-electron chi connectivity index (χ1n) is 12.7. The van der Waals surface area contributed by atoms with Gasteiger partial charge in [0.25, 0.3) is 0 Å². The van der Waals surface area contributed by atoms with Crippen LogP contribution in [0.4, 0.5) is 10.1 Å². The zero-order valence-electron chi connectivity index (χ0n) is 20.8. The van der Waals surface area contributed by atoms with Crippen LogP contribution in [0.25, 0.3) is 16.6 Å². The summed E-state index contributed by atoms with van der Waals surface area (Å²) in [6, 6.07) is 21.2. The Kier molecular flexibility index (Phi) is 7.33. The van der Waals surface area contributed by atoms with Gasteiger partial charge in [0.2, 0.25) is 0 Å². The molecule has 2 heterocycles. The number of likely N-dealkylation sites (tertiary alicyclic amines) is 1. The molecule has 1 saturated heterocycles. The van der Waals surface area contributed by atoms with Gasteiger partial charge in [-0.3, -0.25) is 4.90 Å². The Bertz CT molecular complexity index is 1340. The minimum Gasteiger partial charge on any atom is -0.374 e. The number of aliphatic hydroxyl groups excluding tert-OH is 1. The summed E-state index contributed by atoms with van der Waals surface area (Å²) >= 11 is 6.31. The van der Waals surface area contributed by atoms with Crippen LogP contribution >= 0.6 is 11.6 Å². The second-order valence-corrected chi connectivity index (χ2v) is 10.6. The van der Waals surface area contributed by atoms with E-state index in [0.29, 0.717) is 16.6 Å². The van der Waals surface area contributed by atoms with E-state index in [2.05, 4.69) is 34.6 Å². The third-order valence-corrected chi connectivity index (χ3v) is 7.48. The summed E-state index contributed by atoms with van der Waals surface area (Å²) in [7, 11) is 0. The van der Waals surface area contributed by atoms with Crippen LogP contribution in [0.15, 0.2) is 72.9 Å². The molecular formula is C30H33ClFN3O. The molecule has 1 atom stereocenters. The topological polar surface area (TPSA) is 40.4 Å². The van der Waals surface area contributed by atoms with Gasteiger partial charge in [0.05, 0.1) is 11.2 Å². The lowest BCUT2D eigenvalue weighted by atomic mass is 9.89. The molecule has 1 aliphatic rings. The van der Waals surface area contributed by atoms with E-state index in [1.165, 1.54) is 17.2 Å². The molecule has 4 nitrogen and oxygen atoms in total. The lowest BCUT2D eigenvalue weighted by Gasteiger charge is -2.32. The third-order valence-electron chi connectivity index (χ3n) is 7.25. The zero-order chi connectivity index (χ0) is 25.2. The van der Waals surface area contributed by atoms with E-state index in [-0.39, 0.29) is 11.7 Å².